The largest absolute Gasteiger partial charge is 0.491 e. The zero-order valence-corrected chi connectivity index (χ0v) is 22.0. The van der Waals surface area contributed by atoms with Crippen LogP contribution in [0.2, 0.25) is 0 Å². The predicted molar refractivity (Wildman–Crippen MR) is 145 cm³/mol. The Morgan fingerprint density at radius 1 is 0.975 bits per heavy atom. The molecule has 0 bridgehead atoms. The fourth-order valence-electron chi connectivity index (χ4n) is 5.05. The Morgan fingerprint density at radius 2 is 1.70 bits per heavy atom. The van der Waals surface area contributed by atoms with Crippen LogP contribution in [0.25, 0.3) is 0 Å². The van der Waals surface area contributed by atoms with Crippen molar-refractivity contribution in [2.24, 2.45) is 0 Å². The maximum absolute atomic E-state index is 13.8. The molecule has 3 heterocycles. The average Bonchev–Trinajstić information content (AvgIpc) is 3.38. The van der Waals surface area contributed by atoms with Gasteiger partial charge in [0.1, 0.15) is 24.4 Å². The second-order valence-corrected chi connectivity index (χ2v) is 9.86. The van der Waals surface area contributed by atoms with Crippen LogP contribution >= 0.6 is 0 Å². The summed E-state index contributed by atoms with van der Waals surface area (Å²) in [4.78, 5) is 62.1. The number of carbonyl (C=O) groups is 4. The van der Waals surface area contributed by atoms with E-state index in [1.54, 1.807) is 35.4 Å². The summed E-state index contributed by atoms with van der Waals surface area (Å²) in [5, 5.41) is 8.30. The molecule has 2 aromatic carbocycles. The van der Waals surface area contributed by atoms with Crippen molar-refractivity contribution >= 4 is 23.6 Å². The van der Waals surface area contributed by atoms with E-state index in [9.17, 15) is 19.2 Å². The third-order valence-electron chi connectivity index (χ3n) is 7.15. The van der Waals surface area contributed by atoms with E-state index in [0.29, 0.717) is 37.4 Å². The lowest BCUT2D eigenvalue weighted by atomic mass is 10.0. The summed E-state index contributed by atoms with van der Waals surface area (Å²) < 4.78 is 5.80. The van der Waals surface area contributed by atoms with Crippen LogP contribution in [0.15, 0.2) is 61.1 Å². The van der Waals surface area contributed by atoms with Crippen LogP contribution in [0.4, 0.5) is 0 Å². The summed E-state index contributed by atoms with van der Waals surface area (Å²) in [6.07, 6.45) is 4.28. The van der Waals surface area contributed by atoms with E-state index in [4.69, 9.17) is 4.74 Å². The van der Waals surface area contributed by atoms with Gasteiger partial charge in [0.25, 0.3) is 5.91 Å². The van der Waals surface area contributed by atoms with Crippen LogP contribution in [-0.4, -0.2) is 76.8 Å². The molecule has 11 heteroatoms. The lowest BCUT2D eigenvalue weighted by Crippen LogP contribution is -2.54. The number of nitrogens with zero attached hydrogens (tertiary/aromatic N) is 2. The van der Waals surface area contributed by atoms with Crippen LogP contribution < -0.4 is 20.7 Å². The number of hydrogen-bond acceptors (Lipinski definition) is 6. The minimum atomic E-state index is -1.14. The normalized spacial score (nSPS) is 20.4. The number of imidazole rings is 1. The van der Waals surface area contributed by atoms with E-state index >= 15 is 0 Å². The summed E-state index contributed by atoms with van der Waals surface area (Å²) in [5.74, 6) is -1.47. The van der Waals surface area contributed by atoms with E-state index in [1.807, 2.05) is 12.1 Å². The molecule has 0 fully saturated rings. The van der Waals surface area contributed by atoms with Crippen molar-refractivity contribution < 1.29 is 23.9 Å². The number of rotatable bonds is 3. The van der Waals surface area contributed by atoms with Gasteiger partial charge in [-0.25, -0.2) is 4.98 Å². The number of carbonyl (C=O) groups excluding carboxylic acids is 4. The van der Waals surface area contributed by atoms with Crippen LogP contribution in [-0.2, 0) is 33.6 Å². The molecule has 11 nitrogen and oxygen atoms in total. The third kappa shape index (κ3) is 6.48. The highest BCUT2D eigenvalue weighted by atomic mass is 16.5. The van der Waals surface area contributed by atoms with Crippen LogP contribution in [0.5, 0.6) is 5.75 Å². The summed E-state index contributed by atoms with van der Waals surface area (Å²) >= 11 is 0. The van der Waals surface area contributed by atoms with Crippen molar-refractivity contribution in [3.63, 3.8) is 0 Å². The Bertz CT molecular complexity index is 1350. The summed E-state index contributed by atoms with van der Waals surface area (Å²) in [6.45, 7) is 1.21. The van der Waals surface area contributed by atoms with Crippen molar-refractivity contribution in [2.45, 2.75) is 37.8 Å². The van der Waals surface area contributed by atoms with E-state index in [-0.39, 0.29) is 37.5 Å². The van der Waals surface area contributed by atoms with Gasteiger partial charge in [-0.1, -0.05) is 36.4 Å². The molecule has 40 heavy (non-hydrogen) atoms. The van der Waals surface area contributed by atoms with E-state index in [1.165, 1.54) is 17.5 Å². The number of fused-ring (bicyclic) bond motifs is 2. The molecule has 208 valence electrons. The maximum atomic E-state index is 13.8. The van der Waals surface area contributed by atoms with Crippen molar-refractivity contribution in [3.8, 4) is 5.75 Å². The third-order valence-corrected chi connectivity index (χ3v) is 7.15. The lowest BCUT2D eigenvalue weighted by molar-refractivity contribution is -0.136. The molecule has 2 atom stereocenters. The van der Waals surface area contributed by atoms with Crippen molar-refractivity contribution in [1.29, 1.82) is 0 Å². The number of nitrogens with one attached hydrogen (secondary N) is 4. The second kappa shape index (κ2) is 12.5. The smallest absolute Gasteiger partial charge is 0.255 e. The average molecular weight is 545 g/mol. The minimum absolute atomic E-state index is 0.109. The molecular formula is C29H32N6O5. The summed E-state index contributed by atoms with van der Waals surface area (Å²) in [7, 11) is 0. The Hall–Kier alpha value is -4.67. The molecule has 0 saturated carbocycles. The van der Waals surface area contributed by atoms with Gasteiger partial charge in [-0.3, -0.25) is 19.2 Å². The van der Waals surface area contributed by atoms with E-state index in [2.05, 4.69) is 38.1 Å². The molecule has 0 radical (unpaired) electrons. The molecule has 2 aliphatic heterocycles. The molecule has 2 aliphatic rings. The van der Waals surface area contributed by atoms with Gasteiger partial charge in [0, 0.05) is 31.4 Å². The van der Waals surface area contributed by atoms with Gasteiger partial charge < -0.3 is 30.6 Å². The monoisotopic (exact) mass is 544 g/mol. The standard InChI is InChI=1S/C29H32N6O5/c36-26-16-24(29(39)35-12-9-19-5-1-2-6-20(19)10-13-35)34-27(37)22-7-3-4-8-25(22)40-14-11-31-28(38)23(33-26)15-21-17-30-18-32-21/h1-8,17-18,23-24H,9-16H2,(H,30,32)(H,31,38)(H,33,36)(H,34,37)/t23-,24-/m0/s1. The molecule has 4 N–H and O–H groups in total. The van der Waals surface area contributed by atoms with Gasteiger partial charge in [-0.2, -0.15) is 0 Å². The molecular weight excluding hydrogens is 512 g/mol. The van der Waals surface area contributed by atoms with E-state index < -0.39 is 29.8 Å². The highest BCUT2D eigenvalue weighted by Gasteiger charge is 2.32. The van der Waals surface area contributed by atoms with Crippen molar-refractivity contribution in [2.75, 3.05) is 26.2 Å². The fraction of sp³-hybridized carbons (Fsp3) is 0.345. The number of benzene rings is 2. The van der Waals surface area contributed by atoms with Crippen LogP contribution in [0, 0.1) is 0 Å². The highest BCUT2D eigenvalue weighted by Crippen LogP contribution is 2.20. The molecule has 3 aromatic rings. The second-order valence-electron chi connectivity index (χ2n) is 9.86. The van der Waals surface area contributed by atoms with Gasteiger partial charge in [-0.05, 0) is 36.1 Å². The Morgan fingerprint density at radius 3 is 2.42 bits per heavy atom. The fourth-order valence-corrected chi connectivity index (χ4v) is 5.05. The van der Waals surface area contributed by atoms with Crippen molar-refractivity contribution in [3.05, 3.63) is 83.4 Å². The quantitative estimate of drug-likeness (QED) is 0.383. The van der Waals surface area contributed by atoms with Gasteiger partial charge >= 0.3 is 0 Å². The Kier molecular flexibility index (Phi) is 8.38. The number of aromatic nitrogens is 2. The summed E-state index contributed by atoms with van der Waals surface area (Å²) in [6, 6.07) is 12.7. The zero-order valence-electron chi connectivity index (χ0n) is 22.0. The Balaban J connectivity index is 1.40. The topological polar surface area (TPSA) is 146 Å². The molecule has 0 aliphatic carbocycles. The first kappa shape index (κ1) is 26.9. The number of para-hydroxylation sites is 1. The first-order chi connectivity index (χ1) is 19.5. The van der Waals surface area contributed by atoms with Gasteiger partial charge in [0.15, 0.2) is 0 Å². The SMILES string of the molecule is O=C1C[C@@H](C(=O)N2CCc3ccccc3CC2)NC(=O)c2ccccc2OCCNC(=O)[C@H](Cc2cnc[nH]2)N1. The van der Waals surface area contributed by atoms with Gasteiger partial charge in [0.2, 0.25) is 17.7 Å². The van der Waals surface area contributed by atoms with Crippen LogP contribution in [0.1, 0.15) is 33.6 Å². The lowest BCUT2D eigenvalue weighted by Gasteiger charge is -2.27. The number of aromatic amines is 1. The number of ether oxygens (including phenoxy) is 1. The zero-order chi connectivity index (χ0) is 27.9. The molecule has 0 spiro atoms. The number of H-pyrrole nitrogens is 1. The maximum Gasteiger partial charge on any atom is 0.255 e. The van der Waals surface area contributed by atoms with Gasteiger partial charge in [0.05, 0.1) is 24.9 Å². The molecule has 4 amide bonds. The Labute approximate surface area is 231 Å². The number of amides is 4. The first-order valence-corrected chi connectivity index (χ1v) is 13.4. The number of hydrogen-bond donors (Lipinski definition) is 4. The summed E-state index contributed by atoms with van der Waals surface area (Å²) in [5.41, 5.74) is 3.27. The highest BCUT2D eigenvalue weighted by molar-refractivity contribution is 6.01. The van der Waals surface area contributed by atoms with Gasteiger partial charge in [-0.15, -0.1) is 0 Å². The van der Waals surface area contributed by atoms with E-state index in [0.717, 1.165) is 0 Å². The predicted octanol–water partition coefficient (Wildman–Crippen LogP) is 0.762. The molecule has 0 saturated heterocycles. The molecule has 1 aromatic heterocycles. The first-order valence-electron chi connectivity index (χ1n) is 13.4. The van der Waals surface area contributed by atoms with Crippen molar-refractivity contribution in [1.82, 2.24) is 30.8 Å². The van der Waals surface area contributed by atoms with Crippen LogP contribution in [0.3, 0.4) is 0 Å². The molecule has 5 rings (SSSR count). The molecule has 0 unspecified atom stereocenters. The minimum Gasteiger partial charge on any atom is -0.491 e.